The third-order valence-electron chi connectivity index (χ3n) is 3.53. The lowest BCUT2D eigenvalue weighted by molar-refractivity contribution is 0.337. The van der Waals surface area contributed by atoms with Gasteiger partial charge in [-0.05, 0) is 0 Å². The van der Waals surface area contributed by atoms with E-state index in [1.807, 2.05) is 0 Å². The first-order chi connectivity index (χ1) is 11.8. The van der Waals surface area contributed by atoms with Crippen LogP contribution in [0.25, 0.3) is 0 Å². The second-order valence-electron chi connectivity index (χ2n) is 4.86. The largest absolute Gasteiger partial charge is 0.502 e. The van der Waals surface area contributed by atoms with Gasteiger partial charge in [-0.2, -0.15) is 0 Å². The lowest BCUT2D eigenvalue weighted by atomic mass is 10.3. The molecule has 0 amide bonds. The summed E-state index contributed by atoms with van der Waals surface area (Å²) in [5.74, 6) is -0.868. The maximum atomic E-state index is 12.9. The van der Waals surface area contributed by atoms with Crippen LogP contribution in [0.1, 0.15) is 0 Å². The predicted molar refractivity (Wildman–Crippen MR) is 87.9 cm³/mol. The number of methoxy groups -OCH3 is 4. The van der Waals surface area contributed by atoms with E-state index in [9.17, 15) is 18.6 Å². The highest BCUT2D eigenvalue weighted by atomic mass is 32.2. The van der Waals surface area contributed by atoms with Crippen LogP contribution in [0.15, 0.2) is 34.1 Å². The van der Waals surface area contributed by atoms with Gasteiger partial charge >= 0.3 is 0 Å². The molecule has 0 radical (unpaired) electrons. The van der Waals surface area contributed by atoms with Gasteiger partial charge in [0.2, 0.25) is 21.3 Å². The molecule has 0 fully saturated rings. The minimum absolute atomic E-state index is 0.0596. The van der Waals surface area contributed by atoms with Crippen molar-refractivity contribution in [3.05, 3.63) is 24.3 Å². The molecule has 0 aromatic heterocycles. The van der Waals surface area contributed by atoms with Crippen molar-refractivity contribution in [3.63, 3.8) is 0 Å². The predicted octanol–water partition coefficient (Wildman–Crippen LogP) is 1.97. The lowest BCUT2D eigenvalue weighted by Gasteiger charge is -2.14. The minimum atomic E-state index is -4.05. The fraction of sp³-hybridized carbons (Fsp3) is 0.250. The van der Waals surface area contributed by atoms with Crippen molar-refractivity contribution >= 4 is 9.84 Å². The van der Waals surface area contributed by atoms with Crippen LogP contribution in [0.4, 0.5) is 0 Å². The molecule has 136 valence electrons. The summed E-state index contributed by atoms with van der Waals surface area (Å²) in [6.45, 7) is 0. The molecule has 2 N–H and O–H groups in total. The van der Waals surface area contributed by atoms with Gasteiger partial charge in [0.25, 0.3) is 0 Å². The van der Waals surface area contributed by atoms with Crippen LogP contribution in [-0.4, -0.2) is 47.1 Å². The molecule has 2 rings (SSSR count). The molecule has 2 aromatic rings. The topological polar surface area (TPSA) is 112 Å². The first kappa shape index (κ1) is 18.5. The number of hydrogen-bond acceptors (Lipinski definition) is 8. The van der Waals surface area contributed by atoms with E-state index in [2.05, 4.69) is 0 Å². The van der Waals surface area contributed by atoms with E-state index in [1.165, 1.54) is 52.7 Å². The lowest BCUT2D eigenvalue weighted by Crippen LogP contribution is -2.04. The second-order valence-corrected chi connectivity index (χ2v) is 6.81. The summed E-state index contributed by atoms with van der Waals surface area (Å²) < 4.78 is 45.8. The van der Waals surface area contributed by atoms with Gasteiger partial charge in [0.15, 0.2) is 23.0 Å². The van der Waals surface area contributed by atoms with Crippen molar-refractivity contribution < 1.29 is 37.6 Å². The number of phenolic OH excluding ortho intramolecular Hbond substituents is 2. The van der Waals surface area contributed by atoms with E-state index in [-0.39, 0.29) is 44.3 Å². The molecule has 0 atom stereocenters. The van der Waals surface area contributed by atoms with Gasteiger partial charge in [0.05, 0.1) is 38.2 Å². The molecule has 2 aromatic carbocycles. The Morgan fingerprint density at radius 3 is 1.08 bits per heavy atom. The summed E-state index contributed by atoms with van der Waals surface area (Å²) in [6, 6.07) is 4.66. The van der Waals surface area contributed by atoms with E-state index < -0.39 is 9.84 Å². The van der Waals surface area contributed by atoms with Gasteiger partial charge < -0.3 is 29.2 Å². The van der Waals surface area contributed by atoms with E-state index >= 15 is 0 Å². The van der Waals surface area contributed by atoms with Gasteiger partial charge in [-0.1, -0.05) is 0 Å². The Balaban J connectivity index is 2.71. The van der Waals surface area contributed by atoms with Crippen molar-refractivity contribution in [2.24, 2.45) is 0 Å². The zero-order valence-corrected chi connectivity index (χ0v) is 14.9. The smallest absolute Gasteiger partial charge is 0.207 e. The van der Waals surface area contributed by atoms with Gasteiger partial charge in [-0.25, -0.2) is 8.42 Å². The zero-order valence-electron chi connectivity index (χ0n) is 14.1. The average Bonchev–Trinajstić information content (AvgIpc) is 2.61. The fourth-order valence-corrected chi connectivity index (χ4v) is 3.51. The van der Waals surface area contributed by atoms with Crippen LogP contribution in [0, 0.1) is 0 Å². The quantitative estimate of drug-likeness (QED) is 0.794. The zero-order chi connectivity index (χ0) is 18.8. The summed E-state index contributed by atoms with van der Waals surface area (Å²) >= 11 is 0. The summed E-state index contributed by atoms with van der Waals surface area (Å²) in [5, 5.41) is 19.9. The second kappa shape index (κ2) is 6.98. The molecule has 0 saturated heterocycles. The highest BCUT2D eigenvalue weighted by Crippen LogP contribution is 2.43. The number of ether oxygens (including phenoxy) is 4. The minimum Gasteiger partial charge on any atom is -0.502 e. The van der Waals surface area contributed by atoms with E-state index in [0.717, 1.165) is 0 Å². The van der Waals surface area contributed by atoms with Crippen LogP contribution in [-0.2, 0) is 9.84 Å². The molecule has 0 unspecified atom stereocenters. The average molecular weight is 370 g/mol. The van der Waals surface area contributed by atoms with Crippen molar-refractivity contribution in [1.29, 1.82) is 0 Å². The Labute approximate surface area is 145 Å². The molecule has 0 spiro atoms. The van der Waals surface area contributed by atoms with Crippen LogP contribution < -0.4 is 18.9 Å². The number of aromatic hydroxyl groups is 2. The van der Waals surface area contributed by atoms with Crippen molar-refractivity contribution in [3.8, 4) is 34.5 Å². The molecule has 25 heavy (non-hydrogen) atoms. The molecule has 0 aliphatic heterocycles. The summed E-state index contributed by atoms with van der Waals surface area (Å²) in [6.07, 6.45) is 0. The van der Waals surface area contributed by atoms with Crippen LogP contribution in [0.3, 0.4) is 0 Å². The molecular formula is C16H18O8S. The maximum Gasteiger partial charge on any atom is 0.207 e. The molecule has 0 aliphatic carbocycles. The first-order valence-electron chi connectivity index (χ1n) is 6.95. The number of rotatable bonds is 6. The van der Waals surface area contributed by atoms with Gasteiger partial charge in [0, 0.05) is 24.3 Å². The van der Waals surface area contributed by atoms with Crippen molar-refractivity contribution in [2.75, 3.05) is 28.4 Å². The number of phenols is 2. The summed E-state index contributed by atoms with van der Waals surface area (Å²) in [7, 11) is 1.11. The maximum absolute atomic E-state index is 12.9. The third kappa shape index (κ3) is 3.22. The number of benzene rings is 2. The molecule has 0 saturated carbocycles. The van der Waals surface area contributed by atoms with E-state index in [1.54, 1.807) is 0 Å². The molecule has 8 nitrogen and oxygen atoms in total. The van der Waals surface area contributed by atoms with Crippen molar-refractivity contribution in [1.82, 2.24) is 0 Å². The van der Waals surface area contributed by atoms with Crippen LogP contribution in [0.2, 0.25) is 0 Å². The van der Waals surface area contributed by atoms with E-state index in [0.29, 0.717) is 0 Å². The van der Waals surface area contributed by atoms with Crippen LogP contribution >= 0.6 is 0 Å². The van der Waals surface area contributed by atoms with Gasteiger partial charge in [-0.15, -0.1) is 0 Å². The van der Waals surface area contributed by atoms with Gasteiger partial charge in [-0.3, -0.25) is 0 Å². The molecule has 9 heteroatoms. The van der Waals surface area contributed by atoms with E-state index in [4.69, 9.17) is 18.9 Å². The monoisotopic (exact) mass is 370 g/mol. The van der Waals surface area contributed by atoms with Gasteiger partial charge in [0.1, 0.15) is 0 Å². The Morgan fingerprint density at radius 2 is 0.880 bits per heavy atom. The fourth-order valence-electron chi connectivity index (χ4n) is 2.19. The Morgan fingerprint density at radius 1 is 0.640 bits per heavy atom. The molecular weight excluding hydrogens is 352 g/mol. The molecule has 0 aliphatic rings. The number of hydrogen-bond donors (Lipinski definition) is 2. The SMILES string of the molecule is COc1cc(S(=O)(=O)c2cc(OC)c(O)c(OC)c2)cc(OC)c1O. The number of sulfone groups is 1. The summed E-state index contributed by atoms with van der Waals surface area (Å²) in [5.41, 5.74) is 0. The highest BCUT2D eigenvalue weighted by molar-refractivity contribution is 7.91. The van der Waals surface area contributed by atoms with Crippen molar-refractivity contribution in [2.45, 2.75) is 9.79 Å². The Bertz CT molecular complexity index is 771. The normalized spacial score (nSPS) is 11.0. The molecule has 0 heterocycles. The standard InChI is InChI=1S/C16H18O8S/c1-21-11-5-9(6-12(22-2)15(11)17)25(19,20)10-7-13(23-3)16(18)14(8-10)24-4/h5-8,17-18H,1-4H3. The third-order valence-corrected chi connectivity index (χ3v) is 5.24. The highest BCUT2D eigenvalue weighted by Gasteiger charge is 2.25. The Hall–Kier alpha value is -2.81. The summed E-state index contributed by atoms with van der Waals surface area (Å²) in [4.78, 5) is -0.345. The first-order valence-corrected chi connectivity index (χ1v) is 8.43. The Kier molecular flexibility index (Phi) is 5.17. The van der Waals surface area contributed by atoms with Crippen LogP contribution in [0.5, 0.6) is 34.5 Å². The molecule has 0 bridgehead atoms.